The number of sulfonamides is 1. The summed E-state index contributed by atoms with van der Waals surface area (Å²) < 4.78 is 34.9. The van der Waals surface area contributed by atoms with E-state index >= 15 is 0 Å². The Hall–Kier alpha value is -4.63. The lowest BCUT2D eigenvalue weighted by Crippen LogP contribution is -2.51. The standard InChI is InChI=1S/C34H37N3O5S/c1-4-23-35-34(39)27(3)36(24-28-17-15-26(2)16-18-28)33(38)25-37(43(40,41)32-13-9-6-10-14-32)29-19-21-31(22-20-29)42-30-11-7-5-8-12-30/h5-22,27H,4,23-25H2,1-3H3,(H,35,39)/t27-/m1/s1. The van der Waals surface area contributed by atoms with Crippen LogP contribution >= 0.6 is 0 Å². The summed E-state index contributed by atoms with van der Waals surface area (Å²) in [5, 5.41) is 2.85. The van der Waals surface area contributed by atoms with Gasteiger partial charge in [-0.05, 0) is 74.4 Å². The predicted octanol–water partition coefficient (Wildman–Crippen LogP) is 5.93. The van der Waals surface area contributed by atoms with Gasteiger partial charge in [-0.3, -0.25) is 13.9 Å². The second-order valence-corrected chi connectivity index (χ2v) is 12.1. The molecule has 4 aromatic carbocycles. The Labute approximate surface area is 254 Å². The van der Waals surface area contributed by atoms with Crippen LogP contribution < -0.4 is 14.4 Å². The number of anilines is 1. The van der Waals surface area contributed by atoms with Gasteiger partial charge in [0.15, 0.2) is 0 Å². The Morgan fingerprint density at radius 2 is 1.40 bits per heavy atom. The number of para-hydroxylation sites is 1. The van der Waals surface area contributed by atoms with Gasteiger partial charge in [0.05, 0.1) is 10.6 Å². The molecule has 0 fully saturated rings. The van der Waals surface area contributed by atoms with Crippen molar-refractivity contribution in [3.8, 4) is 11.5 Å². The Bertz CT molecular complexity index is 1590. The van der Waals surface area contributed by atoms with Crippen molar-refractivity contribution >= 4 is 27.5 Å². The Morgan fingerprint density at radius 1 is 0.814 bits per heavy atom. The fraction of sp³-hybridized carbons (Fsp3) is 0.235. The number of nitrogens with zero attached hydrogens (tertiary/aromatic N) is 2. The van der Waals surface area contributed by atoms with Gasteiger partial charge in [-0.25, -0.2) is 8.42 Å². The number of nitrogens with one attached hydrogen (secondary N) is 1. The maximum Gasteiger partial charge on any atom is 0.264 e. The van der Waals surface area contributed by atoms with Crippen molar-refractivity contribution in [2.45, 2.75) is 44.7 Å². The molecular formula is C34H37N3O5S. The smallest absolute Gasteiger partial charge is 0.264 e. The lowest BCUT2D eigenvalue weighted by atomic mass is 10.1. The van der Waals surface area contributed by atoms with E-state index in [1.54, 1.807) is 49.4 Å². The maximum atomic E-state index is 14.0. The second kappa shape index (κ2) is 14.5. The molecule has 9 heteroatoms. The molecule has 0 unspecified atom stereocenters. The Morgan fingerprint density at radius 3 is 2.00 bits per heavy atom. The number of aryl methyl sites for hydroxylation is 1. The van der Waals surface area contributed by atoms with Crippen LogP contribution in [0.3, 0.4) is 0 Å². The molecule has 0 aliphatic carbocycles. The van der Waals surface area contributed by atoms with Crippen molar-refractivity contribution < 1.29 is 22.7 Å². The highest BCUT2D eigenvalue weighted by molar-refractivity contribution is 7.92. The van der Waals surface area contributed by atoms with Gasteiger partial charge in [0.25, 0.3) is 10.0 Å². The highest BCUT2D eigenvalue weighted by Gasteiger charge is 2.32. The molecule has 0 aliphatic rings. The van der Waals surface area contributed by atoms with Crippen molar-refractivity contribution in [2.24, 2.45) is 0 Å². The summed E-state index contributed by atoms with van der Waals surface area (Å²) in [5.74, 6) is 0.341. The zero-order valence-corrected chi connectivity index (χ0v) is 25.5. The molecule has 0 aliphatic heterocycles. The summed E-state index contributed by atoms with van der Waals surface area (Å²) in [5.41, 5.74) is 2.18. The number of carbonyl (C=O) groups is 2. The van der Waals surface area contributed by atoms with Gasteiger partial charge in [-0.1, -0.05) is 73.2 Å². The molecule has 4 rings (SSSR count). The molecule has 1 atom stereocenters. The molecule has 1 N–H and O–H groups in total. The fourth-order valence-electron chi connectivity index (χ4n) is 4.42. The van der Waals surface area contributed by atoms with Crippen molar-refractivity contribution in [3.63, 3.8) is 0 Å². The largest absolute Gasteiger partial charge is 0.457 e. The molecule has 0 heterocycles. The highest BCUT2D eigenvalue weighted by Crippen LogP contribution is 2.28. The van der Waals surface area contributed by atoms with Gasteiger partial charge in [-0.2, -0.15) is 0 Å². The second-order valence-electron chi connectivity index (χ2n) is 10.2. The molecule has 0 radical (unpaired) electrons. The summed E-state index contributed by atoms with van der Waals surface area (Å²) in [7, 11) is -4.15. The molecule has 224 valence electrons. The quantitative estimate of drug-likeness (QED) is 0.206. The van der Waals surface area contributed by atoms with Crippen molar-refractivity contribution in [1.29, 1.82) is 0 Å². The van der Waals surface area contributed by atoms with Crippen LogP contribution in [0, 0.1) is 6.92 Å². The topological polar surface area (TPSA) is 96.0 Å². The van der Waals surface area contributed by atoms with E-state index in [1.165, 1.54) is 17.0 Å². The lowest BCUT2D eigenvalue weighted by Gasteiger charge is -2.32. The number of amides is 2. The summed E-state index contributed by atoms with van der Waals surface area (Å²) in [6.07, 6.45) is 0.747. The first kappa shape index (κ1) is 31.3. The van der Waals surface area contributed by atoms with E-state index in [4.69, 9.17) is 4.74 Å². The minimum absolute atomic E-state index is 0.0474. The third kappa shape index (κ3) is 8.23. The number of carbonyl (C=O) groups excluding carboxylic acids is 2. The summed E-state index contributed by atoms with van der Waals surface area (Å²) in [6.45, 7) is 5.68. The summed E-state index contributed by atoms with van der Waals surface area (Å²) >= 11 is 0. The molecule has 2 amide bonds. The van der Waals surface area contributed by atoms with Crippen LogP contribution in [-0.4, -0.2) is 44.3 Å². The van der Waals surface area contributed by atoms with Crippen LogP contribution in [0.1, 0.15) is 31.4 Å². The first-order chi connectivity index (χ1) is 20.7. The SMILES string of the molecule is CCCNC(=O)[C@@H](C)N(Cc1ccc(C)cc1)C(=O)CN(c1ccc(Oc2ccccc2)cc1)S(=O)(=O)c1ccccc1. The van der Waals surface area contributed by atoms with Crippen LogP contribution in [-0.2, 0) is 26.2 Å². The Kier molecular flexibility index (Phi) is 10.6. The molecule has 43 heavy (non-hydrogen) atoms. The third-order valence-corrected chi connectivity index (χ3v) is 8.69. The van der Waals surface area contributed by atoms with Gasteiger partial charge >= 0.3 is 0 Å². The van der Waals surface area contributed by atoms with Crippen LogP contribution in [0.15, 0.2) is 114 Å². The van der Waals surface area contributed by atoms with E-state index in [2.05, 4.69) is 5.32 Å². The average Bonchev–Trinajstić information content (AvgIpc) is 3.03. The van der Waals surface area contributed by atoms with Crippen molar-refractivity contribution in [3.05, 3.63) is 120 Å². The van der Waals surface area contributed by atoms with E-state index in [9.17, 15) is 18.0 Å². The van der Waals surface area contributed by atoms with E-state index in [-0.39, 0.29) is 23.0 Å². The van der Waals surface area contributed by atoms with Gasteiger partial charge in [0.2, 0.25) is 11.8 Å². The van der Waals surface area contributed by atoms with Crippen LogP contribution in [0.25, 0.3) is 0 Å². The Balaban J connectivity index is 1.68. The van der Waals surface area contributed by atoms with Gasteiger partial charge in [0.1, 0.15) is 24.1 Å². The molecule has 0 saturated heterocycles. The first-order valence-corrected chi connectivity index (χ1v) is 15.7. The van der Waals surface area contributed by atoms with Crippen LogP contribution in [0.4, 0.5) is 5.69 Å². The first-order valence-electron chi connectivity index (χ1n) is 14.2. The number of benzene rings is 4. The lowest BCUT2D eigenvalue weighted by molar-refractivity contribution is -0.139. The molecule has 0 aromatic heterocycles. The summed E-state index contributed by atoms with van der Waals surface area (Å²) in [6, 6.07) is 30.6. The molecule has 8 nitrogen and oxygen atoms in total. The number of hydrogen-bond donors (Lipinski definition) is 1. The van der Waals surface area contributed by atoms with Crippen LogP contribution in [0.2, 0.25) is 0 Å². The summed E-state index contributed by atoms with van der Waals surface area (Å²) in [4.78, 5) is 28.5. The van der Waals surface area contributed by atoms with Gasteiger partial charge in [0, 0.05) is 13.1 Å². The number of ether oxygens (including phenoxy) is 1. The van der Waals surface area contributed by atoms with Crippen molar-refractivity contribution in [1.82, 2.24) is 10.2 Å². The molecule has 0 spiro atoms. The van der Waals surface area contributed by atoms with Crippen LogP contribution in [0.5, 0.6) is 11.5 Å². The molecular weight excluding hydrogens is 562 g/mol. The third-order valence-electron chi connectivity index (χ3n) is 6.90. The zero-order valence-electron chi connectivity index (χ0n) is 24.6. The minimum atomic E-state index is -4.15. The number of hydrogen-bond acceptors (Lipinski definition) is 5. The monoisotopic (exact) mass is 599 g/mol. The minimum Gasteiger partial charge on any atom is -0.457 e. The highest BCUT2D eigenvalue weighted by atomic mass is 32.2. The number of rotatable bonds is 13. The van der Waals surface area contributed by atoms with E-state index < -0.39 is 28.5 Å². The fourth-order valence-corrected chi connectivity index (χ4v) is 5.86. The average molecular weight is 600 g/mol. The molecule has 0 saturated carbocycles. The molecule has 0 bridgehead atoms. The van der Waals surface area contributed by atoms with Crippen molar-refractivity contribution in [2.75, 3.05) is 17.4 Å². The maximum absolute atomic E-state index is 14.0. The van der Waals surface area contributed by atoms with Gasteiger partial charge < -0.3 is 15.0 Å². The van der Waals surface area contributed by atoms with Gasteiger partial charge in [-0.15, -0.1) is 0 Å². The van der Waals surface area contributed by atoms with E-state index in [1.807, 2.05) is 68.4 Å². The zero-order chi connectivity index (χ0) is 30.8. The predicted molar refractivity (Wildman–Crippen MR) is 168 cm³/mol. The van der Waals surface area contributed by atoms with E-state index in [0.717, 1.165) is 21.9 Å². The normalized spacial score (nSPS) is 11.8. The van der Waals surface area contributed by atoms with E-state index in [0.29, 0.717) is 18.0 Å². The molecule has 4 aromatic rings.